The van der Waals surface area contributed by atoms with Crippen LogP contribution in [0.2, 0.25) is 0 Å². The molecule has 0 aliphatic carbocycles. The van der Waals surface area contributed by atoms with Gasteiger partial charge < -0.3 is 5.73 Å². The highest BCUT2D eigenvalue weighted by atomic mass is 16.2. The molecule has 0 spiro atoms. The van der Waals surface area contributed by atoms with Crippen molar-refractivity contribution in [3.05, 3.63) is 40.8 Å². The zero-order chi connectivity index (χ0) is 14.3. The van der Waals surface area contributed by atoms with Gasteiger partial charge in [0.1, 0.15) is 0 Å². The molecule has 1 aromatic carbocycles. The van der Waals surface area contributed by atoms with Gasteiger partial charge in [-0.2, -0.15) is 5.01 Å². The lowest BCUT2D eigenvalue weighted by atomic mass is 10.1. The fraction of sp³-hybridized carbons (Fsp3) is 0.214. The number of aromatic nitrogens is 1. The minimum atomic E-state index is -0.418. The zero-order valence-electron chi connectivity index (χ0n) is 10.7. The van der Waals surface area contributed by atoms with Gasteiger partial charge in [-0.05, 0) is 24.6 Å². The van der Waals surface area contributed by atoms with Gasteiger partial charge in [-0.25, -0.2) is 4.68 Å². The van der Waals surface area contributed by atoms with Crippen molar-refractivity contribution in [2.45, 2.75) is 19.3 Å². The van der Waals surface area contributed by atoms with Crippen molar-refractivity contribution in [1.29, 1.82) is 0 Å². The Morgan fingerprint density at radius 1 is 0.950 bits per heavy atom. The molecule has 0 bridgehead atoms. The molecule has 2 N–H and O–H groups in total. The van der Waals surface area contributed by atoms with E-state index in [2.05, 4.69) is 0 Å². The van der Waals surface area contributed by atoms with Crippen LogP contribution in [0.5, 0.6) is 0 Å². The second-order valence-electron chi connectivity index (χ2n) is 4.73. The lowest BCUT2D eigenvalue weighted by Crippen LogP contribution is -2.52. The van der Waals surface area contributed by atoms with Crippen LogP contribution in [-0.2, 0) is 9.59 Å². The topological polar surface area (TPSA) is 85.4 Å². The first-order valence-electron chi connectivity index (χ1n) is 6.35. The summed E-state index contributed by atoms with van der Waals surface area (Å²) in [6.07, 6.45) is 2.49. The van der Waals surface area contributed by atoms with Crippen LogP contribution >= 0.6 is 0 Å². The number of fused-ring (bicyclic) bond motifs is 1. The van der Waals surface area contributed by atoms with E-state index in [-0.39, 0.29) is 24.7 Å². The van der Waals surface area contributed by atoms with Crippen molar-refractivity contribution in [2.75, 3.05) is 10.7 Å². The molecule has 1 saturated heterocycles. The number of benzene rings is 1. The van der Waals surface area contributed by atoms with Gasteiger partial charge in [0.25, 0.3) is 5.56 Å². The van der Waals surface area contributed by atoms with Gasteiger partial charge >= 0.3 is 0 Å². The zero-order valence-corrected chi connectivity index (χ0v) is 10.7. The predicted octanol–water partition coefficient (Wildman–Crippen LogP) is 0.759. The Morgan fingerprint density at radius 3 is 2.35 bits per heavy atom. The molecule has 6 nitrogen and oxygen atoms in total. The number of rotatable bonds is 1. The molecular formula is C14H13N3O3. The van der Waals surface area contributed by atoms with Crippen LogP contribution in [-0.4, -0.2) is 16.5 Å². The molecule has 0 radical (unpaired) electrons. The van der Waals surface area contributed by atoms with E-state index < -0.39 is 5.56 Å². The first-order valence-corrected chi connectivity index (χ1v) is 6.35. The Bertz CT molecular complexity index is 763. The summed E-state index contributed by atoms with van der Waals surface area (Å²) in [6.45, 7) is 0. The number of imide groups is 1. The lowest BCUT2D eigenvalue weighted by Gasteiger charge is -2.26. The SMILES string of the molecule is Nc1cccc2c(=O)n(N3C(=O)CCCC3=O)ccc12. The van der Waals surface area contributed by atoms with Crippen LogP contribution in [0.4, 0.5) is 5.69 Å². The average Bonchev–Trinajstić information content (AvgIpc) is 2.42. The highest BCUT2D eigenvalue weighted by Gasteiger charge is 2.28. The lowest BCUT2D eigenvalue weighted by molar-refractivity contribution is -0.131. The minimum Gasteiger partial charge on any atom is -0.398 e. The summed E-state index contributed by atoms with van der Waals surface area (Å²) >= 11 is 0. The number of carbonyl (C=O) groups excluding carboxylic acids is 2. The summed E-state index contributed by atoms with van der Waals surface area (Å²) in [4.78, 5) is 36.2. The Kier molecular flexibility index (Phi) is 2.78. The predicted molar refractivity (Wildman–Crippen MR) is 74.7 cm³/mol. The summed E-state index contributed by atoms with van der Waals surface area (Å²) in [5.74, 6) is -0.710. The highest BCUT2D eigenvalue weighted by molar-refractivity contribution is 6.10. The van der Waals surface area contributed by atoms with Gasteiger partial charge in [-0.15, -0.1) is 0 Å². The molecule has 20 heavy (non-hydrogen) atoms. The molecule has 0 unspecified atom stereocenters. The third kappa shape index (κ3) is 1.77. The Hall–Kier alpha value is -2.63. The molecule has 1 aliphatic rings. The van der Waals surface area contributed by atoms with Crippen LogP contribution in [0.25, 0.3) is 10.8 Å². The van der Waals surface area contributed by atoms with Crippen LogP contribution in [0, 0.1) is 0 Å². The third-order valence-electron chi connectivity index (χ3n) is 3.43. The molecule has 2 amide bonds. The molecule has 3 rings (SSSR count). The number of carbonyl (C=O) groups is 2. The largest absolute Gasteiger partial charge is 0.398 e. The molecule has 2 aromatic rings. The van der Waals surface area contributed by atoms with E-state index in [0.29, 0.717) is 22.9 Å². The van der Waals surface area contributed by atoms with Crippen molar-refractivity contribution in [2.24, 2.45) is 0 Å². The number of nitrogen functional groups attached to an aromatic ring is 1. The van der Waals surface area contributed by atoms with Gasteiger partial charge in [0, 0.05) is 30.1 Å². The van der Waals surface area contributed by atoms with Crippen molar-refractivity contribution >= 4 is 28.3 Å². The minimum absolute atomic E-state index is 0.271. The Balaban J connectivity index is 2.23. The first kappa shape index (κ1) is 12.4. The van der Waals surface area contributed by atoms with Crippen LogP contribution in [0.3, 0.4) is 0 Å². The number of nitrogens with zero attached hydrogens (tertiary/aromatic N) is 2. The van der Waals surface area contributed by atoms with Crippen molar-refractivity contribution in [1.82, 2.24) is 4.68 Å². The fourth-order valence-corrected chi connectivity index (χ4v) is 2.43. The van der Waals surface area contributed by atoms with E-state index in [1.807, 2.05) is 0 Å². The summed E-state index contributed by atoms with van der Waals surface area (Å²) < 4.78 is 1.08. The standard InChI is InChI=1S/C14H13N3O3/c15-11-4-1-3-10-9(11)7-8-16(14(10)20)17-12(18)5-2-6-13(17)19/h1,3-4,7-8H,2,5-6,15H2. The number of hydrogen-bond acceptors (Lipinski definition) is 4. The molecule has 102 valence electrons. The summed E-state index contributed by atoms with van der Waals surface area (Å²) in [7, 11) is 0. The van der Waals surface area contributed by atoms with Crippen molar-refractivity contribution in [3.63, 3.8) is 0 Å². The van der Waals surface area contributed by atoms with Gasteiger partial charge in [0.2, 0.25) is 11.8 Å². The number of piperidine rings is 1. The van der Waals surface area contributed by atoms with Gasteiger partial charge in [0.15, 0.2) is 0 Å². The number of amides is 2. The Labute approximate surface area is 114 Å². The molecule has 1 fully saturated rings. The molecular weight excluding hydrogens is 258 g/mol. The maximum Gasteiger partial charge on any atom is 0.277 e. The van der Waals surface area contributed by atoms with E-state index in [1.54, 1.807) is 24.3 Å². The normalized spacial score (nSPS) is 15.9. The molecule has 2 heterocycles. The fourth-order valence-electron chi connectivity index (χ4n) is 2.43. The number of pyridine rings is 1. The molecule has 0 atom stereocenters. The average molecular weight is 271 g/mol. The summed E-state index contributed by atoms with van der Waals surface area (Å²) in [5.41, 5.74) is 5.88. The van der Waals surface area contributed by atoms with E-state index in [4.69, 9.17) is 5.73 Å². The summed E-state index contributed by atoms with van der Waals surface area (Å²) in [6, 6.07) is 6.64. The van der Waals surface area contributed by atoms with E-state index >= 15 is 0 Å². The number of hydrogen-bond donors (Lipinski definition) is 1. The van der Waals surface area contributed by atoms with E-state index in [1.165, 1.54) is 6.20 Å². The van der Waals surface area contributed by atoms with Crippen LogP contribution < -0.4 is 16.3 Å². The number of nitrogens with two attached hydrogens (primary N) is 1. The smallest absolute Gasteiger partial charge is 0.277 e. The van der Waals surface area contributed by atoms with Crippen LogP contribution in [0.15, 0.2) is 35.3 Å². The van der Waals surface area contributed by atoms with Gasteiger partial charge in [-0.1, -0.05) is 6.07 Å². The van der Waals surface area contributed by atoms with E-state index in [9.17, 15) is 14.4 Å². The maximum atomic E-state index is 12.4. The second-order valence-corrected chi connectivity index (χ2v) is 4.73. The monoisotopic (exact) mass is 271 g/mol. The van der Waals surface area contributed by atoms with Crippen molar-refractivity contribution < 1.29 is 9.59 Å². The third-order valence-corrected chi connectivity index (χ3v) is 3.43. The quantitative estimate of drug-likeness (QED) is 0.613. The van der Waals surface area contributed by atoms with Crippen molar-refractivity contribution in [3.8, 4) is 0 Å². The maximum absolute atomic E-state index is 12.4. The Morgan fingerprint density at radius 2 is 1.65 bits per heavy atom. The number of anilines is 1. The molecule has 0 saturated carbocycles. The van der Waals surface area contributed by atoms with E-state index in [0.717, 1.165) is 9.69 Å². The first-order chi connectivity index (χ1) is 9.59. The van der Waals surface area contributed by atoms with Gasteiger partial charge in [-0.3, -0.25) is 14.4 Å². The molecule has 1 aliphatic heterocycles. The highest BCUT2D eigenvalue weighted by Crippen LogP contribution is 2.18. The van der Waals surface area contributed by atoms with Gasteiger partial charge in [0.05, 0.1) is 5.39 Å². The molecule has 1 aromatic heterocycles. The summed E-state index contributed by atoms with van der Waals surface area (Å²) in [5, 5.41) is 1.93. The molecule has 6 heteroatoms. The second kappa shape index (κ2) is 4.48. The van der Waals surface area contributed by atoms with Crippen LogP contribution in [0.1, 0.15) is 19.3 Å².